The van der Waals surface area contributed by atoms with Gasteiger partial charge in [0.25, 0.3) is 0 Å². The van der Waals surface area contributed by atoms with Gasteiger partial charge < -0.3 is 15.7 Å². The van der Waals surface area contributed by atoms with Crippen molar-refractivity contribution in [2.75, 3.05) is 11.9 Å². The highest BCUT2D eigenvalue weighted by atomic mass is 32.1. The van der Waals surface area contributed by atoms with Crippen LogP contribution in [0.1, 0.15) is 59.6 Å². The van der Waals surface area contributed by atoms with Crippen molar-refractivity contribution in [1.82, 2.24) is 5.32 Å². The lowest BCUT2D eigenvalue weighted by Gasteiger charge is -2.28. The molecule has 1 heterocycles. The second-order valence-electron chi connectivity index (χ2n) is 7.77. The summed E-state index contributed by atoms with van der Waals surface area (Å²) in [5.74, 6) is -1.25. The molecule has 2 aromatic rings. The fourth-order valence-electron chi connectivity index (χ4n) is 3.94. The first kappa shape index (κ1) is 20.6. The van der Waals surface area contributed by atoms with E-state index in [2.05, 4.69) is 16.7 Å². The number of aliphatic hydroxyl groups is 1. The van der Waals surface area contributed by atoms with E-state index in [9.17, 15) is 14.7 Å². The Morgan fingerprint density at radius 3 is 2.32 bits per heavy atom. The summed E-state index contributed by atoms with van der Waals surface area (Å²) in [7, 11) is 0. The average molecular weight is 401 g/mol. The number of hydrogen-bond donors (Lipinski definition) is 3. The van der Waals surface area contributed by atoms with E-state index >= 15 is 0 Å². The molecule has 28 heavy (non-hydrogen) atoms. The van der Waals surface area contributed by atoms with E-state index in [0.717, 1.165) is 41.7 Å². The number of anilines is 1. The smallest absolute Gasteiger partial charge is 0.313 e. The Hall–Kier alpha value is -2.18. The molecule has 0 aliphatic heterocycles. The van der Waals surface area contributed by atoms with Crippen molar-refractivity contribution >= 4 is 28.8 Å². The van der Waals surface area contributed by atoms with Gasteiger partial charge in [0.05, 0.1) is 6.10 Å². The first-order chi connectivity index (χ1) is 13.3. The molecule has 3 rings (SSSR count). The molecule has 5 nitrogen and oxygen atoms in total. The highest BCUT2D eigenvalue weighted by Crippen LogP contribution is 2.44. The van der Waals surface area contributed by atoms with Crippen LogP contribution in [0.25, 0.3) is 0 Å². The maximum Gasteiger partial charge on any atom is 0.313 e. The van der Waals surface area contributed by atoms with Crippen molar-refractivity contribution in [1.29, 1.82) is 0 Å². The van der Waals surface area contributed by atoms with Crippen molar-refractivity contribution in [3.63, 3.8) is 0 Å². The number of rotatable bonds is 5. The first-order valence-corrected chi connectivity index (χ1v) is 10.6. The summed E-state index contributed by atoms with van der Waals surface area (Å²) >= 11 is 1.60. The molecular weight excluding hydrogens is 372 g/mol. The lowest BCUT2D eigenvalue weighted by Crippen LogP contribution is -2.43. The van der Waals surface area contributed by atoms with E-state index in [4.69, 9.17) is 0 Å². The fourth-order valence-corrected chi connectivity index (χ4v) is 5.13. The second kappa shape index (κ2) is 8.45. The van der Waals surface area contributed by atoms with Crippen LogP contribution in [0.3, 0.4) is 0 Å². The van der Waals surface area contributed by atoms with Gasteiger partial charge in [0, 0.05) is 27.4 Å². The van der Waals surface area contributed by atoms with Gasteiger partial charge >= 0.3 is 11.8 Å². The summed E-state index contributed by atoms with van der Waals surface area (Å²) in [5, 5.41) is 15.4. The zero-order valence-electron chi connectivity index (χ0n) is 16.7. The van der Waals surface area contributed by atoms with Crippen LogP contribution >= 0.6 is 11.3 Å². The number of hydrogen-bond acceptors (Lipinski definition) is 4. The Morgan fingerprint density at radius 1 is 1.11 bits per heavy atom. The van der Waals surface area contributed by atoms with Crippen LogP contribution in [0, 0.1) is 13.8 Å². The van der Waals surface area contributed by atoms with Gasteiger partial charge in [0.2, 0.25) is 0 Å². The van der Waals surface area contributed by atoms with Crippen molar-refractivity contribution in [2.45, 2.75) is 58.0 Å². The van der Waals surface area contributed by atoms with Crippen LogP contribution in [0.4, 0.5) is 5.69 Å². The Labute approximate surface area is 170 Å². The Bertz CT molecular complexity index is 846. The molecule has 1 saturated carbocycles. The van der Waals surface area contributed by atoms with E-state index in [1.54, 1.807) is 18.3 Å². The molecule has 0 radical (unpaired) electrons. The molecule has 1 aliphatic carbocycles. The largest absolute Gasteiger partial charge is 0.388 e. The average Bonchev–Trinajstić information content (AvgIpc) is 3.32. The van der Waals surface area contributed by atoms with Gasteiger partial charge in [-0.05, 0) is 56.9 Å². The summed E-state index contributed by atoms with van der Waals surface area (Å²) in [6.45, 7) is 6.01. The van der Waals surface area contributed by atoms with Gasteiger partial charge in [-0.1, -0.05) is 31.0 Å². The van der Waals surface area contributed by atoms with Crippen LogP contribution in [-0.4, -0.2) is 23.5 Å². The van der Waals surface area contributed by atoms with E-state index in [-0.39, 0.29) is 5.41 Å². The van der Waals surface area contributed by atoms with Gasteiger partial charge in [-0.15, -0.1) is 11.3 Å². The zero-order chi connectivity index (χ0) is 20.3. The predicted molar refractivity (Wildman–Crippen MR) is 113 cm³/mol. The highest BCUT2D eigenvalue weighted by Gasteiger charge is 2.38. The SMILES string of the molecule is Cc1cccc(C)c1NC(=O)C(=O)NCC1(c2ccc(C(C)O)s2)CCCC1. The summed E-state index contributed by atoms with van der Waals surface area (Å²) in [5.41, 5.74) is 2.40. The van der Waals surface area contributed by atoms with Crippen LogP contribution in [-0.2, 0) is 15.0 Å². The molecule has 0 saturated heterocycles. The zero-order valence-corrected chi connectivity index (χ0v) is 17.5. The number of carbonyl (C=O) groups is 2. The van der Waals surface area contributed by atoms with Crippen LogP contribution in [0.2, 0.25) is 0 Å². The van der Waals surface area contributed by atoms with Gasteiger partial charge in [-0.25, -0.2) is 0 Å². The molecule has 1 aromatic heterocycles. The lowest BCUT2D eigenvalue weighted by molar-refractivity contribution is -0.136. The lowest BCUT2D eigenvalue weighted by atomic mass is 9.84. The topological polar surface area (TPSA) is 78.4 Å². The van der Waals surface area contributed by atoms with Gasteiger partial charge in [0.1, 0.15) is 0 Å². The van der Waals surface area contributed by atoms with Crippen molar-refractivity contribution in [3.8, 4) is 0 Å². The third-order valence-corrected chi connectivity index (χ3v) is 7.14. The van der Waals surface area contributed by atoms with E-state index in [1.807, 2.05) is 38.1 Å². The number of thiophene rings is 1. The minimum atomic E-state index is -0.638. The van der Waals surface area contributed by atoms with Crippen LogP contribution in [0.15, 0.2) is 30.3 Å². The van der Waals surface area contributed by atoms with E-state index < -0.39 is 17.9 Å². The van der Waals surface area contributed by atoms with Crippen molar-refractivity contribution in [3.05, 3.63) is 51.2 Å². The molecule has 1 atom stereocenters. The predicted octanol–water partition coefficient (Wildman–Crippen LogP) is 3.98. The summed E-state index contributed by atoms with van der Waals surface area (Å²) in [4.78, 5) is 27.0. The first-order valence-electron chi connectivity index (χ1n) is 9.76. The summed E-state index contributed by atoms with van der Waals surface area (Å²) < 4.78 is 0. The van der Waals surface area contributed by atoms with Crippen molar-refractivity contribution in [2.24, 2.45) is 0 Å². The standard InChI is InChI=1S/C22H28N2O3S/c1-14-7-6-8-15(2)19(14)24-21(27)20(26)23-13-22(11-4-5-12-22)18-10-9-17(28-18)16(3)25/h6-10,16,25H,4-5,11-13H2,1-3H3,(H,23,26)(H,24,27). The third kappa shape index (κ3) is 4.28. The van der Waals surface area contributed by atoms with Gasteiger partial charge in [-0.2, -0.15) is 0 Å². The monoisotopic (exact) mass is 400 g/mol. The number of amides is 2. The number of para-hydroxylation sites is 1. The number of benzene rings is 1. The number of aliphatic hydroxyl groups excluding tert-OH is 1. The van der Waals surface area contributed by atoms with Gasteiger partial charge in [-0.3, -0.25) is 9.59 Å². The molecule has 3 N–H and O–H groups in total. The van der Waals surface area contributed by atoms with Crippen LogP contribution in [0.5, 0.6) is 0 Å². The molecule has 1 aromatic carbocycles. The number of carbonyl (C=O) groups excluding carboxylic acids is 2. The molecular formula is C22H28N2O3S. The number of nitrogens with one attached hydrogen (secondary N) is 2. The third-order valence-electron chi connectivity index (χ3n) is 5.64. The Morgan fingerprint density at radius 2 is 1.75 bits per heavy atom. The molecule has 0 bridgehead atoms. The van der Waals surface area contributed by atoms with Gasteiger partial charge in [0.15, 0.2) is 0 Å². The fraction of sp³-hybridized carbons (Fsp3) is 0.455. The molecule has 150 valence electrons. The maximum absolute atomic E-state index is 12.5. The number of aryl methyl sites for hydroxylation is 2. The minimum absolute atomic E-state index is 0.147. The maximum atomic E-state index is 12.5. The Balaban J connectivity index is 1.68. The van der Waals surface area contributed by atoms with E-state index in [0.29, 0.717) is 12.2 Å². The minimum Gasteiger partial charge on any atom is -0.388 e. The quantitative estimate of drug-likeness (QED) is 0.664. The normalized spacial score (nSPS) is 16.6. The summed E-state index contributed by atoms with van der Waals surface area (Å²) in [6, 6.07) is 9.75. The molecule has 2 amide bonds. The molecule has 6 heteroatoms. The highest BCUT2D eigenvalue weighted by molar-refractivity contribution is 7.12. The second-order valence-corrected chi connectivity index (χ2v) is 8.88. The van der Waals surface area contributed by atoms with Crippen LogP contribution < -0.4 is 10.6 Å². The molecule has 0 spiro atoms. The molecule has 1 unspecified atom stereocenters. The van der Waals surface area contributed by atoms with E-state index in [1.165, 1.54) is 4.88 Å². The summed E-state index contributed by atoms with van der Waals surface area (Å²) in [6.07, 6.45) is 3.67. The Kier molecular flexibility index (Phi) is 6.20. The molecule has 1 aliphatic rings. The van der Waals surface area contributed by atoms with Crippen molar-refractivity contribution < 1.29 is 14.7 Å². The molecule has 1 fully saturated rings.